The molecule has 1 aromatic carbocycles. The van der Waals surface area contributed by atoms with Crippen molar-refractivity contribution in [3.05, 3.63) is 57.3 Å². The molecule has 0 bridgehead atoms. The number of amides is 1. The van der Waals surface area contributed by atoms with E-state index in [0.29, 0.717) is 23.4 Å². The zero-order chi connectivity index (χ0) is 25.4. The van der Waals surface area contributed by atoms with Crippen LogP contribution in [-0.4, -0.2) is 52.7 Å². The molecule has 2 aliphatic heterocycles. The predicted octanol–water partition coefficient (Wildman–Crippen LogP) is 5.24. The molecule has 6 nitrogen and oxygen atoms in total. The number of nitrogens with zero attached hydrogens (tertiary/aromatic N) is 3. The highest BCUT2D eigenvalue weighted by Gasteiger charge is 2.49. The van der Waals surface area contributed by atoms with Crippen LogP contribution in [0.2, 0.25) is 0 Å². The van der Waals surface area contributed by atoms with Gasteiger partial charge in [-0.25, -0.2) is 9.79 Å². The van der Waals surface area contributed by atoms with E-state index in [1.807, 2.05) is 19.9 Å². The van der Waals surface area contributed by atoms with Gasteiger partial charge in [-0.05, 0) is 51.2 Å². The minimum absolute atomic E-state index is 0.0361. The van der Waals surface area contributed by atoms with E-state index in [4.69, 9.17) is 4.74 Å². The standard InChI is InChI=1S/C24H28F3N3O3S/c1-7-29(6)18(31)11-16-12-34-23-28-21(24(25,26)27)19(22(32)33-13(2)3)20(30(16)23)17-10-14(4)8-9-15(17)5/h8-10,12-13,20H,7,11H2,1-6H3. The van der Waals surface area contributed by atoms with Gasteiger partial charge in [0, 0.05) is 19.3 Å². The second-order valence-electron chi connectivity index (χ2n) is 8.55. The lowest BCUT2D eigenvalue weighted by Crippen LogP contribution is -2.40. The Hall–Kier alpha value is -2.75. The molecular weight excluding hydrogens is 467 g/mol. The second kappa shape index (κ2) is 9.85. The molecule has 184 valence electrons. The molecule has 0 aliphatic carbocycles. The van der Waals surface area contributed by atoms with Gasteiger partial charge in [-0.15, -0.1) is 0 Å². The van der Waals surface area contributed by atoms with E-state index in [-0.39, 0.29) is 17.5 Å². The molecule has 34 heavy (non-hydrogen) atoms. The quantitative estimate of drug-likeness (QED) is 0.505. The van der Waals surface area contributed by atoms with Crippen molar-refractivity contribution in [2.24, 2.45) is 4.99 Å². The van der Waals surface area contributed by atoms with Gasteiger partial charge >= 0.3 is 12.1 Å². The second-order valence-corrected chi connectivity index (χ2v) is 9.39. The molecule has 1 unspecified atom stereocenters. The predicted molar refractivity (Wildman–Crippen MR) is 126 cm³/mol. The van der Waals surface area contributed by atoms with E-state index >= 15 is 0 Å². The normalized spacial score (nSPS) is 18.1. The van der Waals surface area contributed by atoms with E-state index in [1.165, 1.54) is 4.90 Å². The summed E-state index contributed by atoms with van der Waals surface area (Å²) in [6, 6.07) is 4.28. The van der Waals surface area contributed by atoms with Gasteiger partial charge in [-0.1, -0.05) is 35.5 Å². The number of carbonyl (C=O) groups excluding carboxylic acids is 2. The van der Waals surface area contributed by atoms with Gasteiger partial charge in [0.25, 0.3) is 0 Å². The van der Waals surface area contributed by atoms with Crippen molar-refractivity contribution >= 4 is 28.8 Å². The molecule has 1 amide bonds. The molecule has 0 radical (unpaired) electrons. The van der Waals surface area contributed by atoms with E-state index in [9.17, 15) is 22.8 Å². The van der Waals surface area contributed by atoms with Gasteiger partial charge in [-0.3, -0.25) is 4.79 Å². The van der Waals surface area contributed by atoms with Crippen LogP contribution in [0.3, 0.4) is 0 Å². The average Bonchev–Trinajstić information content (AvgIpc) is 3.14. The number of alkyl halides is 3. The van der Waals surface area contributed by atoms with E-state index in [2.05, 4.69) is 4.99 Å². The van der Waals surface area contributed by atoms with Gasteiger partial charge in [0.1, 0.15) is 0 Å². The maximum absolute atomic E-state index is 14.2. The number of hydrogen-bond acceptors (Lipinski definition) is 6. The molecule has 1 aromatic rings. The number of amidine groups is 1. The van der Waals surface area contributed by atoms with Crippen LogP contribution in [0.1, 0.15) is 49.9 Å². The lowest BCUT2D eigenvalue weighted by molar-refractivity contribution is -0.145. The van der Waals surface area contributed by atoms with Crippen molar-refractivity contribution in [3.63, 3.8) is 0 Å². The maximum Gasteiger partial charge on any atom is 0.434 e. The molecule has 0 fully saturated rings. The Morgan fingerprint density at radius 2 is 1.94 bits per heavy atom. The number of fused-ring (bicyclic) bond motifs is 1. The molecule has 0 saturated carbocycles. The highest BCUT2D eigenvalue weighted by atomic mass is 32.2. The van der Waals surface area contributed by atoms with Crippen LogP contribution in [0.15, 0.2) is 45.6 Å². The molecule has 2 heterocycles. The molecule has 0 N–H and O–H groups in total. The molecule has 10 heteroatoms. The fourth-order valence-electron chi connectivity index (χ4n) is 3.77. The summed E-state index contributed by atoms with van der Waals surface area (Å²) >= 11 is 1.01. The van der Waals surface area contributed by atoms with Crippen LogP contribution in [0.5, 0.6) is 0 Å². The zero-order valence-electron chi connectivity index (χ0n) is 20.0. The highest BCUT2D eigenvalue weighted by molar-refractivity contribution is 8.16. The first kappa shape index (κ1) is 25.9. The fraction of sp³-hybridized carbons (Fsp3) is 0.458. The minimum Gasteiger partial charge on any atom is -0.459 e. The summed E-state index contributed by atoms with van der Waals surface area (Å²) in [7, 11) is 1.66. The Bertz CT molecular complexity index is 1090. The number of halogens is 3. The Kier molecular flexibility index (Phi) is 7.50. The van der Waals surface area contributed by atoms with Crippen molar-refractivity contribution < 1.29 is 27.5 Å². The van der Waals surface area contributed by atoms with Gasteiger partial charge in [-0.2, -0.15) is 13.2 Å². The Morgan fingerprint density at radius 3 is 2.53 bits per heavy atom. The lowest BCUT2D eigenvalue weighted by Gasteiger charge is -2.38. The third-order valence-electron chi connectivity index (χ3n) is 5.60. The zero-order valence-corrected chi connectivity index (χ0v) is 20.8. The Balaban J connectivity index is 2.24. The van der Waals surface area contributed by atoms with Crippen LogP contribution in [-0.2, 0) is 14.3 Å². The van der Waals surface area contributed by atoms with E-state index in [1.54, 1.807) is 50.3 Å². The first-order valence-electron chi connectivity index (χ1n) is 10.9. The first-order valence-corrected chi connectivity index (χ1v) is 11.8. The molecule has 0 aromatic heterocycles. The third-order valence-corrected chi connectivity index (χ3v) is 6.49. The number of carbonyl (C=O) groups is 2. The van der Waals surface area contributed by atoms with Gasteiger partial charge in [0.15, 0.2) is 10.9 Å². The molecule has 2 aliphatic rings. The largest absolute Gasteiger partial charge is 0.459 e. The molecule has 0 spiro atoms. The smallest absolute Gasteiger partial charge is 0.434 e. The Labute approximate surface area is 201 Å². The number of benzene rings is 1. The maximum atomic E-state index is 14.2. The number of rotatable bonds is 6. The number of thioether (sulfide) groups is 1. The number of allylic oxidation sites excluding steroid dienone is 1. The van der Waals surface area contributed by atoms with Gasteiger partial charge in [0.2, 0.25) is 5.91 Å². The molecule has 1 atom stereocenters. The fourth-order valence-corrected chi connectivity index (χ4v) is 4.69. The van der Waals surface area contributed by atoms with Crippen molar-refractivity contribution in [1.29, 1.82) is 0 Å². The summed E-state index contributed by atoms with van der Waals surface area (Å²) in [6.07, 6.45) is -5.53. The van der Waals surface area contributed by atoms with Crippen molar-refractivity contribution in [3.8, 4) is 0 Å². The van der Waals surface area contributed by atoms with Crippen molar-refractivity contribution in [1.82, 2.24) is 9.80 Å². The van der Waals surface area contributed by atoms with Crippen LogP contribution in [0.4, 0.5) is 13.2 Å². The highest BCUT2D eigenvalue weighted by Crippen LogP contribution is 2.48. The monoisotopic (exact) mass is 495 g/mol. The van der Waals surface area contributed by atoms with Crippen LogP contribution in [0.25, 0.3) is 0 Å². The number of ether oxygens (including phenoxy) is 1. The summed E-state index contributed by atoms with van der Waals surface area (Å²) in [4.78, 5) is 32.8. The van der Waals surface area contributed by atoms with Crippen molar-refractivity contribution in [2.75, 3.05) is 13.6 Å². The number of hydrogen-bond donors (Lipinski definition) is 0. The number of aryl methyl sites for hydroxylation is 2. The number of aliphatic imine (C=N–C) groups is 1. The van der Waals surface area contributed by atoms with E-state index < -0.39 is 35.6 Å². The number of esters is 1. The van der Waals surface area contributed by atoms with Crippen LogP contribution in [0, 0.1) is 13.8 Å². The summed E-state index contributed by atoms with van der Waals surface area (Å²) in [5.41, 5.74) is 0.693. The third kappa shape index (κ3) is 5.16. The molecule has 0 saturated heterocycles. The SMILES string of the molecule is CCN(C)C(=O)CC1=CSC2=NC(C(F)(F)F)=C(C(=O)OC(C)C)C(c3cc(C)ccc3C)N12. The van der Waals surface area contributed by atoms with Gasteiger partial charge in [0.05, 0.1) is 24.1 Å². The molecular formula is C24H28F3N3O3S. The van der Waals surface area contributed by atoms with Crippen molar-refractivity contribution in [2.45, 2.75) is 59.4 Å². The average molecular weight is 496 g/mol. The Morgan fingerprint density at radius 1 is 1.26 bits per heavy atom. The van der Waals surface area contributed by atoms with E-state index in [0.717, 1.165) is 17.3 Å². The summed E-state index contributed by atoms with van der Waals surface area (Å²) in [6.45, 7) is 9.09. The van der Waals surface area contributed by atoms with Gasteiger partial charge < -0.3 is 14.5 Å². The minimum atomic E-state index is -4.87. The van der Waals surface area contributed by atoms with Crippen LogP contribution < -0.4 is 0 Å². The molecule has 3 rings (SSSR count). The topological polar surface area (TPSA) is 62.2 Å². The lowest BCUT2D eigenvalue weighted by atomic mass is 9.89. The summed E-state index contributed by atoms with van der Waals surface area (Å²) in [5, 5.41) is 1.70. The van der Waals surface area contributed by atoms with Crippen LogP contribution >= 0.6 is 11.8 Å². The summed E-state index contributed by atoms with van der Waals surface area (Å²) < 4.78 is 47.9. The first-order chi connectivity index (χ1) is 15.8. The summed E-state index contributed by atoms with van der Waals surface area (Å²) in [5.74, 6) is -1.27.